The van der Waals surface area contributed by atoms with E-state index in [1.165, 1.54) is 0 Å². The van der Waals surface area contributed by atoms with Crippen LogP contribution in [0.15, 0.2) is 43.5 Å². The van der Waals surface area contributed by atoms with Gasteiger partial charge in [0.15, 0.2) is 0 Å². The molecule has 0 saturated carbocycles. The first-order valence-corrected chi connectivity index (χ1v) is 5.48. The lowest BCUT2D eigenvalue weighted by Crippen LogP contribution is -2.31. The number of hydrogen-bond donors (Lipinski definition) is 1. The molecule has 1 rings (SSSR count). The SMILES string of the molecule is C=CCN(CC=C)C(=O)c1cccc(N)c1C. The first kappa shape index (κ1) is 13.0. The number of rotatable bonds is 5. The number of carbonyl (C=O) groups excluding carboxylic acids is 1. The molecule has 0 unspecified atom stereocenters. The molecule has 1 amide bonds. The molecule has 0 spiro atoms. The summed E-state index contributed by atoms with van der Waals surface area (Å²) in [4.78, 5) is 13.9. The van der Waals surface area contributed by atoms with Crippen molar-refractivity contribution in [2.75, 3.05) is 18.8 Å². The van der Waals surface area contributed by atoms with Crippen LogP contribution in [-0.4, -0.2) is 23.9 Å². The normalized spacial score (nSPS) is 9.71. The summed E-state index contributed by atoms with van der Waals surface area (Å²) in [5.41, 5.74) is 7.88. The lowest BCUT2D eigenvalue weighted by molar-refractivity contribution is 0.0790. The summed E-state index contributed by atoms with van der Waals surface area (Å²) < 4.78 is 0. The minimum Gasteiger partial charge on any atom is -0.398 e. The van der Waals surface area contributed by atoms with Gasteiger partial charge in [-0.05, 0) is 24.6 Å². The van der Waals surface area contributed by atoms with Crippen LogP contribution in [0.4, 0.5) is 5.69 Å². The Hall–Kier alpha value is -2.03. The maximum absolute atomic E-state index is 12.3. The molecule has 0 aliphatic carbocycles. The van der Waals surface area contributed by atoms with E-state index in [1.54, 1.807) is 35.3 Å². The summed E-state index contributed by atoms with van der Waals surface area (Å²) in [5.74, 6) is -0.0467. The Morgan fingerprint density at radius 1 is 1.35 bits per heavy atom. The zero-order valence-electron chi connectivity index (χ0n) is 10.1. The molecule has 3 nitrogen and oxygen atoms in total. The average molecular weight is 230 g/mol. The van der Waals surface area contributed by atoms with Crippen molar-refractivity contribution in [1.29, 1.82) is 0 Å². The highest BCUT2D eigenvalue weighted by Gasteiger charge is 2.16. The average Bonchev–Trinajstić information content (AvgIpc) is 2.31. The van der Waals surface area contributed by atoms with Gasteiger partial charge in [0.05, 0.1) is 0 Å². The van der Waals surface area contributed by atoms with E-state index in [4.69, 9.17) is 5.73 Å². The van der Waals surface area contributed by atoms with Crippen molar-refractivity contribution in [3.63, 3.8) is 0 Å². The molecule has 0 bridgehead atoms. The van der Waals surface area contributed by atoms with E-state index in [0.29, 0.717) is 24.3 Å². The Bertz CT molecular complexity index is 428. The Balaban J connectivity index is 3.04. The topological polar surface area (TPSA) is 46.3 Å². The van der Waals surface area contributed by atoms with Gasteiger partial charge in [-0.2, -0.15) is 0 Å². The van der Waals surface area contributed by atoms with Gasteiger partial charge in [-0.25, -0.2) is 0 Å². The molecule has 1 aromatic rings. The van der Waals surface area contributed by atoms with Gasteiger partial charge in [0.25, 0.3) is 5.91 Å². The number of nitrogen functional groups attached to an aromatic ring is 1. The van der Waals surface area contributed by atoms with Crippen LogP contribution in [0.1, 0.15) is 15.9 Å². The van der Waals surface area contributed by atoms with Crippen LogP contribution in [0, 0.1) is 6.92 Å². The van der Waals surface area contributed by atoms with Gasteiger partial charge in [-0.1, -0.05) is 18.2 Å². The molecule has 17 heavy (non-hydrogen) atoms. The van der Waals surface area contributed by atoms with Gasteiger partial charge in [0.2, 0.25) is 0 Å². The van der Waals surface area contributed by atoms with E-state index in [2.05, 4.69) is 13.2 Å². The fourth-order valence-electron chi connectivity index (χ4n) is 1.61. The molecule has 0 radical (unpaired) electrons. The van der Waals surface area contributed by atoms with Crippen molar-refractivity contribution in [3.8, 4) is 0 Å². The van der Waals surface area contributed by atoms with Crippen LogP contribution in [0.2, 0.25) is 0 Å². The summed E-state index contributed by atoms with van der Waals surface area (Å²) in [6.07, 6.45) is 3.39. The van der Waals surface area contributed by atoms with Crippen molar-refractivity contribution < 1.29 is 4.79 Å². The van der Waals surface area contributed by atoms with Crippen LogP contribution in [-0.2, 0) is 0 Å². The van der Waals surface area contributed by atoms with Crippen molar-refractivity contribution in [2.24, 2.45) is 0 Å². The Labute approximate surface area is 102 Å². The van der Waals surface area contributed by atoms with E-state index < -0.39 is 0 Å². The zero-order valence-corrected chi connectivity index (χ0v) is 10.1. The summed E-state index contributed by atoms with van der Waals surface area (Å²) in [5, 5.41) is 0. The molecule has 0 aliphatic heterocycles. The van der Waals surface area contributed by atoms with Crippen molar-refractivity contribution in [2.45, 2.75) is 6.92 Å². The molecule has 3 heteroatoms. The number of hydrogen-bond acceptors (Lipinski definition) is 2. The number of carbonyl (C=O) groups is 1. The Kier molecular flexibility index (Phi) is 4.52. The van der Waals surface area contributed by atoms with E-state index >= 15 is 0 Å². The third-order valence-corrected chi connectivity index (χ3v) is 2.59. The van der Waals surface area contributed by atoms with E-state index in [-0.39, 0.29) is 5.91 Å². The second-order valence-electron chi connectivity index (χ2n) is 3.81. The molecule has 0 saturated heterocycles. The first-order valence-electron chi connectivity index (χ1n) is 5.48. The first-order chi connectivity index (χ1) is 8.11. The summed E-state index contributed by atoms with van der Waals surface area (Å²) in [6, 6.07) is 5.36. The van der Waals surface area contributed by atoms with Gasteiger partial charge in [0, 0.05) is 24.3 Å². The molecule has 0 heterocycles. The summed E-state index contributed by atoms with van der Waals surface area (Å²) >= 11 is 0. The van der Waals surface area contributed by atoms with Crippen molar-refractivity contribution in [1.82, 2.24) is 4.90 Å². The van der Waals surface area contributed by atoms with Crippen molar-refractivity contribution in [3.05, 3.63) is 54.6 Å². The zero-order chi connectivity index (χ0) is 12.8. The van der Waals surface area contributed by atoms with Gasteiger partial charge in [0.1, 0.15) is 0 Å². The van der Waals surface area contributed by atoms with Gasteiger partial charge in [-0.3, -0.25) is 4.79 Å². The lowest BCUT2D eigenvalue weighted by Gasteiger charge is -2.20. The van der Waals surface area contributed by atoms with Gasteiger partial charge in [-0.15, -0.1) is 13.2 Å². The molecule has 2 N–H and O–H groups in total. The lowest BCUT2D eigenvalue weighted by atomic mass is 10.1. The Morgan fingerprint density at radius 3 is 2.47 bits per heavy atom. The minimum atomic E-state index is -0.0467. The fourth-order valence-corrected chi connectivity index (χ4v) is 1.61. The molecule has 0 aromatic heterocycles. The number of nitrogens with zero attached hydrogens (tertiary/aromatic N) is 1. The van der Waals surface area contributed by atoms with Crippen LogP contribution in [0.5, 0.6) is 0 Å². The summed E-state index contributed by atoms with van der Waals surface area (Å²) in [6.45, 7) is 10.1. The molecule has 1 aromatic carbocycles. The monoisotopic (exact) mass is 230 g/mol. The van der Waals surface area contributed by atoms with Gasteiger partial charge < -0.3 is 10.6 Å². The molecule has 0 aliphatic rings. The molecular formula is C14H18N2O. The Morgan fingerprint density at radius 2 is 1.94 bits per heavy atom. The van der Waals surface area contributed by atoms with Crippen LogP contribution in [0.3, 0.4) is 0 Å². The smallest absolute Gasteiger partial charge is 0.254 e. The summed E-state index contributed by atoms with van der Waals surface area (Å²) in [7, 11) is 0. The quantitative estimate of drug-likeness (QED) is 0.623. The predicted molar refractivity (Wildman–Crippen MR) is 71.9 cm³/mol. The second-order valence-corrected chi connectivity index (χ2v) is 3.81. The second kappa shape index (κ2) is 5.89. The minimum absolute atomic E-state index is 0.0467. The van der Waals surface area contributed by atoms with E-state index in [0.717, 1.165) is 5.56 Å². The largest absolute Gasteiger partial charge is 0.398 e. The van der Waals surface area contributed by atoms with Crippen LogP contribution in [0.25, 0.3) is 0 Å². The maximum Gasteiger partial charge on any atom is 0.254 e. The van der Waals surface area contributed by atoms with Crippen molar-refractivity contribution >= 4 is 11.6 Å². The number of amides is 1. The molecule has 0 atom stereocenters. The maximum atomic E-state index is 12.3. The highest BCUT2D eigenvalue weighted by Crippen LogP contribution is 2.17. The highest BCUT2D eigenvalue weighted by atomic mass is 16.2. The van der Waals surface area contributed by atoms with E-state index in [9.17, 15) is 4.79 Å². The van der Waals surface area contributed by atoms with E-state index in [1.807, 2.05) is 6.92 Å². The molecule has 90 valence electrons. The third kappa shape index (κ3) is 2.97. The fraction of sp³-hybridized carbons (Fsp3) is 0.214. The highest BCUT2D eigenvalue weighted by molar-refractivity contribution is 5.97. The standard InChI is InChI=1S/C14H18N2O/c1-4-9-16(10-5-2)14(17)12-7-6-8-13(15)11(12)3/h4-8H,1-2,9-10,15H2,3H3. The molecular weight excluding hydrogens is 212 g/mol. The third-order valence-electron chi connectivity index (χ3n) is 2.59. The number of benzene rings is 1. The van der Waals surface area contributed by atoms with Crippen LogP contribution < -0.4 is 5.73 Å². The molecule has 0 fully saturated rings. The van der Waals surface area contributed by atoms with Gasteiger partial charge >= 0.3 is 0 Å². The number of nitrogens with two attached hydrogens (primary N) is 1. The predicted octanol–water partition coefficient (Wildman–Crippen LogP) is 2.39. The number of anilines is 1. The van der Waals surface area contributed by atoms with Crippen LogP contribution >= 0.6 is 0 Å².